The average Bonchev–Trinajstić information content (AvgIpc) is 2.93. The van der Waals surface area contributed by atoms with Crippen LogP contribution in [0.25, 0.3) is 5.57 Å². The van der Waals surface area contributed by atoms with E-state index in [2.05, 4.69) is 11.8 Å². The molecule has 2 amide bonds. The van der Waals surface area contributed by atoms with Gasteiger partial charge in [0.25, 0.3) is 11.8 Å². The number of nitrogens with zero attached hydrogens (tertiary/aromatic N) is 2. The number of amides is 2. The Morgan fingerprint density at radius 2 is 1.70 bits per heavy atom. The van der Waals surface area contributed by atoms with Crippen molar-refractivity contribution in [3.8, 4) is 5.75 Å². The maximum atomic E-state index is 13.1. The Kier molecular flexibility index (Phi) is 6.16. The van der Waals surface area contributed by atoms with Crippen LogP contribution in [0.15, 0.2) is 30.0 Å². The predicted molar refractivity (Wildman–Crippen MR) is 103 cm³/mol. The van der Waals surface area contributed by atoms with E-state index in [-0.39, 0.29) is 11.8 Å². The Balaban J connectivity index is 1.95. The van der Waals surface area contributed by atoms with Crippen LogP contribution < -0.4 is 4.74 Å². The Bertz CT molecular complexity index is 718. The molecular formula is C21H28N2O4. The number of hydrogen-bond donors (Lipinski definition) is 0. The monoisotopic (exact) mass is 372 g/mol. The second-order valence-electron chi connectivity index (χ2n) is 7.23. The first-order valence-corrected chi connectivity index (χ1v) is 9.55. The number of likely N-dealkylation sites (tertiary alicyclic amines) is 1. The van der Waals surface area contributed by atoms with Crippen molar-refractivity contribution < 1.29 is 19.1 Å². The zero-order valence-corrected chi connectivity index (χ0v) is 16.4. The number of ether oxygens (including phenoxy) is 2. The minimum absolute atomic E-state index is 0.184. The van der Waals surface area contributed by atoms with Crippen molar-refractivity contribution in [3.05, 3.63) is 35.5 Å². The van der Waals surface area contributed by atoms with E-state index in [0.29, 0.717) is 36.8 Å². The summed E-state index contributed by atoms with van der Waals surface area (Å²) in [7, 11) is 3.23. The van der Waals surface area contributed by atoms with Gasteiger partial charge in [-0.2, -0.15) is 0 Å². The summed E-state index contributed by atoms with van der Waals surface area (Å²) >= 11 is 0. The van der Waals surface area contributed by atoms with Crippen molar-refractivity contribution in [3.63, 3.8) is 0 Å². The van der Waals surface area contributed by atoms with E-state index in [1.54, 1.807) is 14.2 Å². The van der Waals surface area contributed by atoms with Crippen LogP contribution in [-0.2, 0) is 14.3 Å². The largest absolute Gasteiger partial charge is 0.497 e. The minimum Gasteiger partial charge on any atom is -0.497 e. The Morgan fingerprint density at radius 1 is 1.04 bits per heavy atom. The molecule has 0 spiro atoms. The van der Waals surface area contributed by atoms with Crippen LogP contribution in [0.3, 0.4) is 0 Å². The van der Waals surface area contributed by atoms with Crippen LogP contribution in [0.5, 0.6) is 5.75 Å². The molecular weight excluding hydrogens is 344 g/mol. The number of piperidine rings is 1. The van der Waals surface area contributed by atoms with Gasteiger partial charge in [0.05, 0.1) is 12.7 Å². The summed E-state index contributed by atoms with van der Waals surface area (Å²) in [5, 5.41) is 0. The molecule has 0 N–H and O–H groups in total. The highest BCUT2D eigenvalue weighted by atomic mass is 16.5. The van der Waals surface area contributed by atoms with E-state index in [0.717, 1.165) is 37.2 Å². The van der Waals surface area contributed by atoms with E-state index < -0.39 is 0 Å². The first kappa shape index (κ1) is 19.4. The molecule has 0 atom stereocenters. The number of carbonyl (C=O) groups is 2. The van der Waals surface area contributed by atoms with Gasteiger partial charge in [0.1, 0.15) is 11.4 Å². The zero-order valence-electron chi connectivity index (χ0n) is 16.4. The third-order valence-electron chi connectivity index (χ3n) is 5.35. The standard InChI is InChI=1S/C21H28N2O4/c1-15-9-12-22(13-10-15)19-18(16-5-7-17(27-3)8-6-16)20(24)23(21(19)25)11-4-14-26-2/h5-8,15H,4,9-14H2,1-3H3. The van der Waals surface area contributed by atoms with Gasteiger partial charge in [-0.15, -0.1) is 0 Å². The summed E-state index contributed by atoms with van der Waals surface area (Å²) in [5.41, 5.74) is 1.82. The van der Waals surface area contributed by atoms with Gasteiger partial charge in [0, 0.05) is 33.4 Å². The highest BCUT2D eigenvalue weighted by Crippen LogP contribution is 2.34. The fourth-order valence-corrected chi connectivity index (χ4v) is 3.68. The molecule has 1 aromatic carbocycles. The summed E-state index contributed by atoms with van der Waals surface area (Å²) < 4.78 is 10.3. The lowest BCUT2D eigenvalue weighted by atomic mass is 9.97. The van der Waals surface area contributed by atoms with Crippen LogP contribution in [0.2, 0.25) is 0 Å². The molecule has 27 heavy (non-hydrogen) atoms. The van der Waals surface area contributed by atoms with E-state index in [1.165, 1.54) is 4.90 Å². The quantitative estimate of drug-likeness (QED) is 0.544. The molecule has 6 heteroatoms. The van der Waals surface area contributed by atoms with E-state index in [9.17, 15) is 9.59 Å². The lowest BCUT2D eigenvalue weighted by Gasteiger charge is -2.32. The summed E-state index contributed by atoms with van der Waals surface area (Å²) in [6.45, 7) is 4.74. The maximum absolute atomic E-state index is 13.1. The molecule has 0 aliphatic carbocycles. The molecule has 0 unspecified atom stereocenters. The molecule has 6 nitrogen and oxygen atoms in total. The Morgan fingerprint density at radius 3 is 2.30 bits per heavy atom. The van der Waals surface area contributed by atoms with Crippen LogP contribution in [-0.4, -0.2) is 62.1 Å². The predicted octanol–water partition coefficient (Wildman–Crippen LogP) is 2.54. The number of benzene rings is 1. The van der Waals surface area contributed by atoms with Gasteiger partial charge in [-0.05, 0) is 42.9 Å². The fourth-order valence-electron chi connectivity index (χ4n) is 3.68. The first-order valence-electron chi connectivity index (χ1n) is 9.55. The molecule has 1 fully saturated rings. The molecule has 146 valence electrons. The number of methoxy groups -OCH3 is 2. The van der Waals surface area contributed by atoms with Gasteiger partial charge in [0.15, 0.2) is 0 Å². The average molecular weight is 372 g/mol. The smallest absolute Gasteiger partial charge is 0.277 e. The van der Waals surface area contributed by atoms with Gasteiger partial charge >= 0.3 is 0 Å². The molecule has 0 aromatic heterocycles. The second kappa shape index (κ2) is 8.57. The lowest BCUT2D eigenvalue weighted by molar-refractivity contribution is -0.137. The highest BCUT2D eigenvalue weighted by molar-refractivity contribution is 6.35. The molecule has 2 heterocycles. The minimum atomic E-state index is -0.213. The third kappa shape index (κ3) is 4.00. The number of hydrogen-bond acceptors (Lipinski definition) is 5. The molecule has 3 rings (SSSR count). The normalized spacial score (nSPS) is 18.6. The van der Waals surface area contributed by atoms with E-state index in [1.807, 2.05) is 24.3 Å². The van der Waals surface area contributed by atoms with E-state index >= 15 is 0 Å². The van der Waals surface area contributed by atoms with Crippen molar-refractivity contribution in [2.75, 3.05) is 40.5 Å². The Hall–Kier alpha value is -2.34. The van der Waals surface area contributed by atoms with Gasteiger partial charge in [0.2, 0.25) is 0 Å². The molecule has 0 radical (unpaired) electrons. The third-order valence-corrected chi connectivity index (χ3v) is 5.35. The number of carbonyl (C=O) groups excluding carboxylic acids is 2. The Labute approximate surface area is 160 Å². The summed E-state index contributed by atoms with van der Waals surface area (Å²) in [4.78, 5) is 29.7. The van der Waals surface area contributed by atoms with Gasteiger partial charge in [-0.25, -0.2) is 0 Å². The first-order chi connectivity index (χ1) is 13.1. The van der Waals surface area contributed by atoms with Crippen molar-refractivity contribution >= 4 is 17.4 Å². The van der Waals surface area contributed by atoms with Crippen molar-refractivity contribution in [1.82, 2.24) is 9.80 Å². The second-order valence-corrected chi connectivity index (χ2v) is 7.23. The number of rotatable bonds is 7. The molecule has 0 bridgehead atoms. The van der Waals surface area contributed by atoms with Crippen LogP contribution in [0, 0.1) is 5.92 Å². The van der Waals surface area contributed by atoms with Gasteiger partial charge in [-0.3, -0.25) is 14.5 Å². The molecule has 1 aromatic rings. The van der Waals surface area contributed by atoms with Gasteiger partial charge in [-0.1, -0.05) is 19.1 Å². The zero-order chi connectivity index (χ0) is 19.4. The van der Waals surface area contributed by atoms with Gasteiger partial charge < -0.3 is 14.4 Å². The van der Waals surface area contributed by atoms with Crippen molar-refractivity contribution in [2.24, 2.45) is 5.92 Å². The highest BCUT2D eigenvalue weighted by Gasteiger charge is 2.41. The molecule has 2 aliphatic heterocycles. The molecule has 0 saturated carbocycles. The maximum Gasteiger partial charge on any atom is 0.277 e. The SMILES string of the molecule is COCCCN1C(=O)C(c2ccc(OC)cc2)=C(N2CCC(C)CC2)C1=O. The van der Waals surface area contributed by atoms with Crippen LogP contribution in [0.1, 0.15) is 31.7 Å². The molecule has 1 saturated heterocycles. The fraction of sp³-hybridized carbons (Fsp3) is 0.524. The summed E-state index contributed by atoms with van der Waals surface area (Å²) in [6, 6.07) is 7.35. The summed E-state index contributed by atoms with van der Waals surface area (Å²) in [6.07, 6.45) is 2.70. The topological polar surface area (TPSA) is 59.1 Å². The van der Waals surface area contributed by atoms with E-state index in [4.69, 9.17) is 9.47 Å². The number of imide groups is 1. The van der Waals surface area contributed by atoms with Crippen LogP contribution >= 0.6 is 0 Å². The van der Waals surface area contributed by atoms with Crippen molar-refractivity contribution in [1.29, 1.82) is 0 Å². The van der Waals surface area contributed by atoms with Crippen molar-refractivity contribution in [2.45, 2.75) is 26.2 Å². The summed E-state index contributed by atoms with van der Waals surface area (Å²) in [5.74, 6) is 0.976. The lowest BCUT2D eigenvalue weighted by Crippen LogP contribution is -2.39. The molecule has 2 aliphatic rings. The van der Waals surface area contributed by atoms with Crippen LogP contribution in [0.4, 0.5) is 0 Å².